The Hall–Kier alpha value is -1.09. The molecule has 0 atom stereocenters. The molecule has 1 rings (SSSR count). The molecular weight excluding hydrogens is 181 g/mol. The lowest BCUT2D eigenvalue weighted by atomic mass is 10.1. The topological polar surface area (TPSA) is 32.3 Å². The summed E-state index contributed by atoms with van der Waals surface area (Å²) in [5.74, 6) is -0.826. The molecule has 1 aromatic carbocycles. The lowest BCUT2D eigenvalue weighted by Gasteiger charge is -2.03. The molecular formula is C11H16FNO. The minimum Gasteiger partial charge on any atom is -0.505 e. The average Bonchev–Trinajstić information content (AvgIpc) is 2.18. The Kier molecular flexibility index (Phi) is 4.40. The van der Waals surface area contributed by atoms with Gasteiger partial charge in [-0.2, -0.15) is 0 Å². The van der Waals surface area contributed by atoms with Crippen LogP contribution in [0.1, 0.15) is 18.9 Å². The Balaban J connectivity index is 2.39. The molecule has 0 amide bonds. The van der Waals surface area contributed by atoms with Gasteiger partial charge in [0.15, 0.2) is 11.6 Å². The molecule has 14 heavy (non-hydrogen) atoms. The molecule has 0 bridgehead atoms. The van der Waals surface area contributed by atoms with Crippen LogP contribution < -0.4 is 5.32 Å². The van der Waals surface area contributed by atoms with Crippen molar-refractivity contribution in [3.63, 3.8) is 0 Å². The number of aromatic hydroxyl groups is 1. The highest BCUT2D eigenvalue weighted by molar-refractivity contribution is 5.28. The second kappa shape index (κ2) is 5.60. The first-order valence-electron chi connectivity index (χ1n) is 4.92. The van der Waals surface area contributed by atoms with Gasteiger partial charge in [-0.05, 0) is 43.6 Å². The van der Waals surface area contributed by atoms with Crippen LogP contribution in [0.3, 0.4) is 0 Å². The number of halogens is 1. The van der Waals surface area contributed by atoms with Crippen molar-refractivity contribution in [1.82, 2.24) is 5.32 Å². The molecule has 0 unspecified atom stereocenters. The van der Waals surface area contributed by atoms with Crippen LogP contribution in [0, 0.1) is 5.82 Å². The third-order valence-electron chi connectivity index (χ3n) is 2.03. The highest BCUT2D eigenvalue weighted by atomic mass is 19.1. The minimum atomic E-state index is -0.544. The zero-order chi connectivity index (χ0) is 10.4. The van der Waals surface area contributed by atoms with Gasteiger partial charge < -0.3 is 10.4 Å². The third kappa shape index (κ3) is 3.34. The van der Waals surface area contributed by atoms with Crippen LogP contribution in [0.4, 0.5) is 4.39 Å². The molecule has 0 aliphatic carbocycles. The summed E-state index contributed by atoms with van der Waals surface area (Å²) in [6.07, 6.45) is 1.89. The van der Waals surface area contributed by atoms with E-state index in [1.807, 2.05) is 0 Å². The van der Waals surface area contributed by atoms with Crippen molar-refractivity contribution in [3.8, 4) is 5.75 Å². The summed E-state index contributed by atoms with van der Waals surface area (Å²) in [6, 6.07) is 4.51. The van der Waals surface area contributed by atoms with Crippen molar-refractivity contribution in [2.24, 2.45) is 0 Å². The predicted molar refractivity (Wildman–Crippen MR) is 54.9 cm³/mol. The smallest absolute Gasteiger partial charge is 0.165 e. The van der Waals surface area contributed by atoms with Gasteiger partial charge in [0.1, 0.15) is 0 Å². The van der Waals surface area contributed by atoms with E-state index in [1.54, 1.807) is 6.07 Å². The Bertz CT molecular complexity index is 289. The fourth-order valence-electron chi connectivity index (χ4n) is 1.24. The summed E-state index contributed by atoms with van der Waals surface area (Å²) >= 11 is 0. The number of phenols is 1. The van der Waals surface area contributed by atoms with Crippen LogP contribution in [0.25, 0.3) is 0 Å². The molecule has 1 aromatic rings. The van der Waals surface area contributed by atoms with Crippen LogP contribution in [0.2, 0.25) is 0 Å². The van der Waals surface area contributed by atoms with E-state index in [2.05, 4.69) is 12.2 Å². The first-order chi connectivity index (χ1) is 6.74. The van der Waals surface area contributed by atoms with Crippen molar-refractivity contribution < 1.29 is 9.50 Å². The zero-order valence-electron chi connectivity index (χ0n) is 8.39. The first-order valence-corrected chi connectivity index (χ1v) is 4.92. The van der Waals surface area contributed by atoms with Gasteiger partial charge in [0, 0.05) is 0 Å². The quantitative estimate of drug-likeness (QED) is 0.708. The maximum absolute atomic E-state index is 12.9. The molecule has 78 valence electrons. The van der Waals surface area contributed by atoms with Gasteiger partial charge in [0.2, 0.25) is 0 Å². The molecule has 0 aliphatic heterocycles. The Morgan fingerprint density at radius 3 is 2.79 bits per heavy atom. The fraction of sp³-hybridized carbons (Fsp3) is 0.455. The SMILES string of the molecule is CCCNCCc1ccc(O)c(F)c1. The maximum atomic E-state index is 12.9. The van der Waals surface area contributed by atoms with E-state index in [4.69, 9.17) is 5.11 Å². The van der Waals surface area contributed by atoms with Crippen LogP contribution in [0.15, 0.2) is 18.2 Å². The van der Waals surface area contributed by atoms with E-state index in [1.165, 1.54) is 12.1 Å². The Morgan fingerprint density at radius 2 is 2.14 bits per heavy atom. The summed E-state index contributed by atoms with van der Waals surface area (Å²) in [5, 5.41) is 12.2. The van der Waals surface area contributed by atoms with E-state index >= 15 is 0 Å². The molecule has 2 N–H and O–H groups in total. The van der Waals surface area contributed by atoms with Crippen molar-refractivity contribution in [2.45, 2.75) is 19.8 Å². The van der Waals surface area contributed by atoms with Crippen LogP contribution in [-0.4, -0.2) is 18.2 Å². The lowest BCUT2D eigenvalue weighted by Crippen LogP contribution is -2.17. The normalized spacial score (nSPS) is 10.4. The minimum absolute atomic E-state index is 0.282. The van der Waals surface area contributed by atoms with Gasteiger partial charge in [-0.1, -0.05) is 13.0 Å². The summed E-state index contributed by atoms with van der Waals surface area (Å²) in [6.45, 7) is 3.94. The van der Waals surface area contributed by atoms with E-state index in [0.717, 1.165) is 31.5 Å². The summed E-state index contributed by atoms with van der Waals surface area (Å²) in [7, 11) is 0. The van der Waals surface area contributed by atoms with Gasteiger partial charge >= 0.3 is 0 Å². The van der Waals surface area contributed by atoms with Gasteiger partial charge in [0.05, 0.1) is 0 Å². The molecule has 0 saturated carbocycles. The number of hydrogen-bond donors (Lipinski definition) is 2. The maximum Gasteiger partial charge on any atom is 0.165 e. The van der Waals surface area contributed by atoms with Crippen LogP contribution >= 0.6 is 0 Å². The van der Waals surface area contributed by atoms with Gasteiger partial charge in [-0.3, -0.25) is 0 Å². The molecule has 0 aliphatic rings. The predicted octanol–water partition coefficient (Wildman–Crippen LogP) is 2.07. The van der Waals surface area contributed by atoms with E-state index in [0.29, 0.717) is 0 Å². The van der Waals surface area contributed by atoms with Crippen LogP contribution in [0.5, 0.6) is 5.75 Å². The van der Waals surface area contributed by atoms with Gasteiger partial charge in [0.25, 0.3) is 0 Å². The third-order valence-corrected chi connectivity index (χ3v) is 2.03. The Labute approximate surface area is 83.8 Å². The Morgan fingerprint density at radius 1 is 1.36 bits per heavy atom. The standard InChI is InChI=1S/C11H16FNO/c1-2-6-13-7-5-9-3-4-11(14)10(12)8-9/h3-4,8,13-14H,2,5-7H2,1H3. The molecule has 2 nitrogen and oxygen atoms in total. The molecule has 0 saturated heterocycles. The molecule has 0 radical (unpaired) electrons. The number of nitrogens with one attached hydrogen (secondary N) is 1. The number of benzene rings is 1. The molecule has 0 spiro atoms. The van der Waals surface area contributed by atoms with Crippen molar-refractivity contribution in [2.75, 3.05) is 13.1 Å². The largest absolute Gasteiger partial charge is 0.505 e. The summed E-state index contributed by atoms with van der Waals surface area (Å²) in [5.41, 5.74) is 0.906. The van der Waals surface area contributed by atoms with E-state index < -0.39 is 5.82 Å². The van der Waals surface area contributed by atoms with Gasteiger partial charge in [-0.25, -0.2) is 4.39 Å². The monoisotopic (exact) mass is 197 g/mol. The van der Waals surface area contributed by atoms with Crippen LogP contribution in [-0.2, 0) is 6.42 Å². The molecule has 0 heterocycles. The van der Waals surface area contributed by atoms with Gasteiger partial charge in [-0.15, -0.1) is 0 Å². The average molecular weight is 197 g/mol. The zero-order valence-corrected chi connectivity index (χ0v) is 8.39. The van der Waals surface area contributed by atoms with Crippen molar-refractivity contribution in [3.05, 3.63) is 29.6 Å². The lowest BCUT2D eigenvalue weighted by molar-refractivity contribution is 0.431. The molecule has 0 fully saturated rings. The number of hydrogen-bond acceptors (Lipinski definition) is 2. The first kappa shape index (κ1) is 11.0. The number of phenolic OH excluding ortho intramolecular Hbond substituents is 1. The second-order valence-corrected chi connectivity index (χ2v) is 3.29. The highest BCUT2D eigenvalue weighted by Crippen LogP contribution is 2.16. The second-order valence-electron chi connectivity index (χ2n) is 3.29. The summed E-state index contributed by atoms with van der Waals surface area (Å²) in [4.78, 5) is 0. The molecule has 0 aromatic heterocycles. The highest BCUT2D eigenvalue weighted by Gasteiger charge is 2.00. The van der Waals surface area contributed by atoms with E-state index in [9.17, 15) is 4.39 Å². The summed E-state index contributed by atoms with van der Waals surface area (Å²) < 4.78 is 12.9. The fourth-order valence-corrected chi connectivity index (χ4v) is 1.24. The van der Waals surface area contributed by atoms with Crippen molar-refractivity contribution in [1.29, 1.82) is 0 Å². The number of rotatable bonds is 5. The van der Waals surface area contributed by atoms with E-state index in [-0.39, 0.29) is 5.75 Å². The van der Waals surface area contributed by atoms with Crippen molar-refractivity contribution >= 4 is 0 Å². The molecule has 3 heteroatoms.